The predicted octanol–water partition coefficient (Wildman–Crippen LogP) is 4.83. The highest BCUT2D eigenvalue weighted by atomic mass is 35.5. The minimum absolute atomic E-state index is 0.0652. The van der Waals surface area contributed by atoms with Crippen LogP contribution in [0, 0.1) is 6.92 Å². The molecule has 0 unspecified atom stereocenters. The fourth-order valence-corrected chi connectivity index (χ4v) is 5.48. The van der Waals surface area contributed by atoms with E-state index in [-0.39, 0.29) is 17.3 Å². The molecule has 0 fully saturated rings. The summed E-state index contributed by atoms with van der Waals surface area (Å²) in [6.07, 6.45) is 1.28. The highest BCUT2D eigenvalue weighted by Gasteiger charge is 2.32. The number of hydrogen-bond donors (Lipinski definition) is 1. The summed E-state index contributed by atoms with van der Waals surface area (Å²) in [6, 6.07) is 21.6. The second-order valence-corrected chi connectivity index (χ2v) is 11.4. The molecule has 3 rings (SSSR count). The van der Waals surface area contributed by atoms with Gasteiger partial charge in [0.1, 0.15) is 12.6 Å². The topological polar surface area (TPSA) is 86.8 Å². The van der Waals surface area contributed by atoms with Crippen molar-refractivity contribution in [1.29, 1.82) is 0 Å². The van der Waals surface area contributed by atoms with Crippen LogP contribution >= 0.6 is 11.6 Å². The zero-order chi connectivity index (χ0) is 27.7. The van der Waals surface area contributed by atoms with E-state index in [1.807, 2.05) is 44.2 Å². The Balaban J connectivity index is 1.95. The Kier molecular flexibility index (Phi) is 10.3. The fraction of sp³-hybridized carbons (Fsp3) is 0.310. The van der Waals surface area contributed by atoms with Crippen LogP contribution in [-0.4, -0.2) is 50.8 Å². The lowest BCUT2D eigenvalue weighted by Gasteiger charge is -2.32. The monoisotopic (exact) mass is 555 g/mol. The smallest absolute Gasteiger partial charge is 0.264 e. The zero-order valence-electron chi connectivity index (χ0n) is 21.9. The number of anilines is 1. The third-order valence-electron chi connectivity index (χ3n) is 6.20. The van der Waals surface area contributed by atoms with Crippen LogP contribution in [0.3, 0.4) is 0 Å². The number of nitrogens with zero attached hydrogens (tertiary/aromatic N) is 2. The number of carbonyl (C=O) groups is 2. The molecule has 38 heavy (non-hydrogen) atoms. The van der Waals surface area contributed by atoms with Crippen molar-refractivity contribution in [2.24, 2.45) is 0 Å². The lowest BCUT2D eigenvalue weighted by Crippen LogP contribution is -2.52. The van der Waals surface area contributed by atoms with Crippen LogP contribution in [-0.2, 0) is 26.0 Å². The molecule has 3 aromatic carbocycles. The van der Waals surface area contributed by atoms with Gasteiger partial charge in [0.05, 0.1) is 10.6 Å². The van der Waals surface area contributed by atoms with Gasteiger partial charge in [0.2, 0.25) is 11.8 Å². The largest absolute Gasteiger partial charge is 0.354 e. The number of hydrogen-bond acceptors (Lipinski definition) is 4. The first-order valence-corrected chi connectivity index (χ1v) is 14.4. The molecule has 0 saturated carbocycles. The van der Waals surface area contributed by atoms with Crippen molar-refractivity contribution in [3.8, 4) is 0 Å². The Labute approximate surface area is 230 Å². The van der Waals surface area contributed by atoms with Gasteiger partial charge < -0.3 is 10.2 Å². The average molecular weight is 556 g/mol. The van der Waals surface area contributed by atoms with Crippen molar-refractivity contribution in [2.45, 2.75) is 44.6 Å². The van der Waals surface area contributed by atoms with E-state index in [2.05, 4.69) is 5.32 Å². The van der Waals surface area contributed by atoms with Gasteiger partial charge in [-0.2, -0.15) is 0 Å². The Morgan fingerprint density at radius 3 is 2.18 bits per heavy atom. The maximum Gasteiger partial charge on any atom is 0.264 e. The van der Waals surface area contributed by atoms with E-state index in [0.717, 1.165) is 21.9 Å². The Morgan fingerprint density at radius 1 is 0.947 bits per heavy atom. The van der Waals surface area contributed by atoms with E-state index in [1.54, 1.807) is 43.3 Å². The van der Waals surface area contributed by atoms with E-state index in [0.29, 0.717) is 23.7 Å². The second kappa shape index (κ2) is 13.4. The molecule has 0 aliphatic heterocycles. The molecular formula is C29H34ClN3O4S. The molecular weight excluding hydrogens is 522 g/mol. The van der Waals surface area contributed by atoms with Gasteiger partial charge in [-0.15, -0.1) is 0 Å². The van der Waals surface area contributed by atoms with Crippen molar-refractivity contribution in [3.05, 3.63) is 95.0 Å². The van der Waals surface area contributed by atoms with Gasteiger partial charge in [0.15, 0.2) is 0 Å². The highest BCUT2D eigenvalue weighted by molar-refractivity contribution is 7.92. The van der Waals surface area contributed by atoms with Crippen LogP contribution in [0.2, 0.25) is 5.02 Å². The maximum absolute atomic E-state index is 13.8. The van der Waals surface area contributed by atoms with Gasteiger partial charge in [-0.25, -0.2) is 8.42 Å². The third-order valence-corrected chi connectivity index (χ3v) is 8.24. The predicted molar refractivity (Wildman–Crippen MR) is 152 cm³/mol. The van der Waals surface area contributed by atoms with E-state index >= 15 is 0 Å². The maximum atomic E-state index is 13.8. The molecule has 1 atom stereocenters. The van der Waals surface area contributed by atoms with Gasteiger partial charge >= 0.3 is 0 Å². The molecule has 0 heterocycles. The number of nitrogens with one attached hydrogen (secondary N) is 1. The van der Waals surface area contributed by atoms with Gasteiger partial charge in [-0.1, -0.05) is 66.6 Å². The average Bonchev–Trinajstić information content (AvgIpc) is 2.91. The van der Waals surface area contributed by atoms with E-state index in [1.165, 1.54) is 17.0 Å². The molecule has 1 N–H and O–H groups in total. The summed E-state index contributed by atoms with van der Waals surface area (Å²) in [4.78, 5) is 28.1. The quantitative estimate of drug-likeness (QED) is 0.347. The molecule has 0 radical (unpaired) electrons. The number of carbonyl (C=O) groups excluding carboxylic acids is 2. The summed E-state index contributed by atoms with van der Waals surface area (Å²) in [5.41, 5.74) is 2.22. The van der Waals surface area contributed by atoms with Crippen molar-refractivity contribution in [3.63, 3.8) is 0 Å². The first-order valence-electron chi connectivity index (χ1n) is 12.6. The van der Waals surface area contributed by atoms with Gasteiger partial charge in [0.25, 0.3) is 10.0 Å². The summed E-state index contributed by atoms with van der Waals surface area (Å²) >= 11 is 6.05. The molecule has 0 aliphatic carbocycles. The summed E-state index contributed by atoms with van der Waals surface area (Å²) in [5, 5.41) is 3.28. The van der Waals surface area contributed by atoms with Gasteiger partial charge in [0, 0.05) is 18.1 Å². The second-order valence-electron chi connectivity index (χ2n) is 9.09. The molecule has 2 amide bonds. The standard InChI is InChI=1S/C29H34ClN3O4S/c1-4-19-31-29(35)23(3)32(20-18-24-8-6-5-7-9-24)28(34)21-33(26-14-12-25(30)13-15-26)38(36,37)27-16-10-22(2)11-17-27/h5-17,23H,4,18-21H2,1-3H3,(H,31,35)/t23-/m0/s1. The summed E-state index contributed by atoms with van der Waals surface area (Å²) in [5.74, 6) is -0.765. The number of amides is 2. The Hall–Kier alpha value is -3.36. The molecule has 202 valence electrons. The number of rotatable bonds is 12. The van der Waals surface area contributed by atoms with Crippen LogP contribution < -0.4 is 9.62 Å². The van der Waals surface area contributed by atoms with Crippen molar-refractivity contribution < 1.29 is 18.0 Å². The van der Waals surface area contributed by atoms with Crippen LogP contribution in [0.15, 0.2) is 83.8 Å². The summed E-state index contributed by atoms with van der Waals surface area (Å²) in [7, 11) is -4.10. The van der Waals surface area contributed by atoms with Crippen molar-refractivity contribution in [2.75, 3.05) is 23.9 Å². The third kappa shape index (κ3) is 7.58. The molecule has 7 nitrogen and oxygen atoms in total. The van der Waals surface area contributed by atoms with E-state index in [9.17, 15) is 18.0 Å². The molecule has 0 spiro atoms. The lowest BCUT2D eigenvalue weighted by atomic mass is 10.1. The van der Waals surface area contributed by atoms with Crippen LogP contribution in [0.25, 0.3) is 0 Å². The molecule has 3 aromatic rings. The minimum Gasteiger partial charge on any atom is -0.354 e. The van der Waals surface area contributed by atoms with Crippen molar-refractivity contribution in [1.82, 2.24) is 10.2 Å². The van der Waals surface area contributed by atoms with Crippen LogP contribution in [0.1, 0.15) is 31.4 Å². The van der Waals surface area contributed by atoms with E-state index < -0.39 is 28.5 Å². The van der Waals surface area contributed by atoms with E-state index in [4.69, 9.17) is 11.6 Å². The number of aryl methyl sites for hydroxylation is 1. The lowest BCUT2D eigenvalue weighted by molar-refractivity contribution is -0.138. The molecule has 0 bridgehead atoms. The number of sulfonamides is 1. The number of halogens is 1. The first-order chi connectivity index (χ1) is 18.1. The molecule has 0 aromatic heterocycles. The molecule has 9 heteroatoms. The number of benzene rings is 3. The normalized spacial score (nSPS) is 12.0. The van der Waals surface area contributed by atoms with Gasteiger partial charge in [-0.3, -0.25) is 13.9 Å². The summed E-state index contributed by atoms with van der Waals surface area (Å²) in [6.45, 7) is 5.74. The van der Waals surface area contributed by atoms with Crippen LogP contribution in [0.4, 0.5) is 5.69 Å². The van der Waals surface area contributed by atoms with Gasteiger partial charge in [-0.05, 0) is 68.7 Å². The first kappa shape index (κ1) is 29.2. The summed E-state index contributed by atoms with van der Waals surface area (Å²) < 4.78 is 28.6. The SMILES string of the molecule is CCCNC(=O)[C@H](C)N(CCc1ccccc1)C(=O)CN(c1ccc(Cl)cc1)S(=O)(=O)c1ccc(C)cc1. The fourth-order valence-electron chi connectivity index (χ4n) is 3.94. The highest BCUT2D eigenvalue weighted by Crippen LogP contribution is 2.26. The Morgan fingerprint density at radius 2 is 1.58 bits per heavy atom. The minimum atomic E-state index is -4.10. The molecule has 0 saturated heterocycles. The molecule has 0 aliphatic rings. The zero-order valence-corrected chi connectivity index (χ0v) is 23.5. The van der Waals surface area contributed by atoms with Crippen molar-refractivity contribution >= 4 is 39.1 Å². The Bertz CT molecular complexity index is 1310. The van der Waals surface area contributed by atoms with Crippen LogP contribution in [0.5, 0.6) is 0 Å².